The summed E-state index contributed by atoms with van der Waals surface area (Å²) in [4.78, 5) is 24.6. The molecule has 3 aromatic carbocycles. The summed E-state index contributed by atoms with van der Waals surface area (Å²) in [5.74, 6) is -1.11. The smallest absolute Gasteiger partial charge is 0.220 e. The van der Waals surface area contributed by atoms with Crippen molar-refractivity contribution in [1.82, 2.24) is 5.32 Å². The second kappa shape index (κ2) is 10.3. The second-order valence-electron chi connectivity index (χ2n) is 7.49. The number of hydrogen-bond donors (Lipinski definition) is 1. The third kappa shape index (κ3) is 5.88. The second-order valence-corrected chi connectivity index (χ2v) is 9.62. The van der Waals surface area contributed by atoms with Gasteiger partial charge in [0.15, 0.2) is 15.6 Å². The van der Waals surface area contributed by atoms with E-state index in [9.17, 15) is 22.4 Å². The monoisotopic (exact) mass is 453 g/mol. The van der Waals surface area contributed by atoms with Gasteiger partial charge in [-0.05, 0) is 36.8 Å². The van der Waals surface area contributed by atoms with Crippen LogP contribution in [-0.4, -0.2) is 26.7 Å². The van der Waals surface area contributed by atoms with Gasteiger partial charge in [-0.3, -0.25) is 9.59 Å². The third-order valence-electron chi connectivity index (χ3n) is 5.13. The van der Waals surface area contributed by atoms with E-state index in [4.69, 9.17) is 0 Å². The van der Waals surface area contributed by atoms with Gasteiger partial charge >= 0.3 is 0 Å². The molecule has 1 amide bonds. The van der Waals surface area contributed by atoms with Gasteiger partial charge in [-0.2, -0.15) is 0 Å². The van der Waals surface area contributed by atoms with Gasteiger partial charge in [0.2, 0.25) is 5.91 Å². The van der Waals surface area contributed by atoms with Gasteiger partial charge in [0.05, 0.1) is 4.90 Å². The lowest BCUT2D eigenvalue weighted by molar-refractivity contribution is -0.121. The van der Waals surface area contributed by atoms with Gasteiger partial charge in [-0.25, -0.2) is 12.8 Å². The van der Waals surface area contributed by atoms with Crippen molar-refractivity contribution in [3.05, 3.63) is 101 Å². The average Bonchev–Trinajstić information content (AvgIpc) is 2.79. The van der Waals surface area contributed by atoms with E-state index in [0.717, 1.165) is 17.7 Å². The first-order valence-corrected chi connectivity index (χ1v) is 11.7. The molecule has 3 rings (SSSR count). The minimum Gasteiger partial charge on any atom is -0.354 e. The molecule has 0 aliphatic rings. The van der Waals surface area contributed by atoms with Crippen LogP contribution in [0.25, 0.3) is 0 Å². The van der Waals surface area contributed by atoms with Crippen LogP contribution >= 0.6 is 0 Å². The van der Waals surface area contributed by atoms with Gasteiger partial charge in [0, 0.05) is 24.9 Å². The van der Waals surface area contributed by atoms with Gasteiger partial charge in [-0.1, -0.05) is 60.2 Å². The maximum atomic E-state index is 13.3. The van der Waals surface area contributed by atoms with Crippen LogP contribution in [0, 0.1) is 12.7 Å². The molecule has 1 atom stereocenters. The highest BCUT2D eigenvalue weighted by atomic mass is 32.2. The summed E-state index contributed by atoms with van der Waals surface area (Å²) in [6.07, 6.45) is -0.0274. The van der Waals surface area contributed by atoms with Gasteiger partial charge < -0.3 is 5.32 Å². The molecule has 0 saturated heterocycles. The van der Waals surface area contributed by atoms with Crippen LogP contribution in [0.4, 0.5) is 4.39 Å². The zero-order valence-electron chi connectivity index (χ0n) is 17.6. The Balaban J connectivity index is 1.69. The molecule has 1 N–H and O–H groups in total. The quantitative estimate of drug-likeness (QED) is 0.384. The number of rotatable bonds is 9. The van der Waals surface area contributed by atoms with Crippen molar-refractivity contribution < 1.29 is 22.4 Å². The maximum absolute atomic E-state index is 13.3. The Morgan fingerprint density at radius 2 is 1.50 bits per heavy atom. The molecule has 166 valence electrons. The van der Waals surface area contributed by atoms with E-state index in [0.29, 0.717) is 11.1 Å². The molecule has 0 aromatic heterocycles. The summed E-state index contributed by atoms with van der Waals surface area (Å²) < 4.78 is 39.7. The number of carbonyl (C=O) groups excluding carboxylic acids is 2. The molecule has 0 spiro atoms. The number of benzene rings is 3. The molecule has 0 heterocycles. The maximum Gasteiger partial charge on any atom is 0.220 e. The van der Waals surface area contributed by atoms with Crippen LogP contribution in [0.5, 0.6) is 0 Å². The van der Waals surface area contributed by atoms with E-state index in [-0.39, 0.29) is 30.1 Å². The Hall–Kier alpha value is -3.32. The standard InChI is InChI=1S/C25H24FNO4S/c1-18-7-9-19(10-8-18)23(28)15-16-25(29)27-17-24(20-5-3-2-4-6-20)32(30,31)22-13-11-21(26)12-14-22/h2-14,24H,15-17H2,1H3,(H,27,29). The summed E-state index contributed by atoms with van der Waals surface area (Å²) in [7, 11) is -3.89. The Bertz CT molecular complexity index is 1170. The molecule has 0 aliphatic carbocycles. The Labute approximate surface area is 187 Å². The van der Waals surface area contributed by atoms with Crippen molar-refractivity contribution in [2.75, 3.05) is 6.54 Å². The molecule has 5 nitrogen and oxygen atoms in total. The predicted octanol–water partition coefficient (Wildman–Crippen LogP) is 4.43. The lowest BCUT2D eigenvalue weighted by Gasteiger charge is -2.19. The predicted molar refractivity (Wildman–Crippen MR) is 121 cm³/mol. The molecule has 0 saturated carbocycles. The Kier molecular flexibility index (Phi) is 7.53. The number of ketones is 1. The van der Waals surface area contributed by atoms with Crippen molar-refractivity contribution in [1.29, 1.82) is 0 Å². The van der Waals surface area contributed by atoms with Gasteiger partial charge in [0.25, 0.3) is 0 Å². The van der Waals surface area contributed by atoms with E-state index < -0.39 is 26.8 Å². The van der Waals surface area contributed by atoms with E-state index in [1.54, 1.807) is 42.5 Å². The fourth-order valence-electron chi connectivity index (χ4n) is 3.27. The molecule has 3 aromatic rings. The highest BCUT2D eigenvalue weighted by molar-refractivity contribution is 7.91. The summed E-state index contributed by atoms with van der Waals surface area (Å²) >= 11 is 0. The number of amides is 1. The molecular weight excluding hydrogens is 429 g/mol. The lowest BCUT2D eigenvalue weighted by atomic mass is 10.0. The highest BCUT2D eigenvalue weighted by Crippen LogP contribution is 2.28. The van der Waals surface area contributed by atoms with Crippen LogP contribution in [0.1, 0.15) is 39.6 Å². The Morgan fingerprint density at radius 3 is 2.12 bits per heavy atom. The van der Waals surface area contributed by atoms with Crippen LogP contribution in [0.15, 0.2) is 83.8 Å². The average molecular weight is 454 g/mol. The number of nitrogens with one attached hydrogen (secondary N) is 1. The van der Waals surface area contributed by atoms with Crippen molar-refractivity contribution in [2.24, 2.45) is 0 Å². The van der Waals surface area contributed by atoms with Crippen LogP contribution in [0.2, 0.25) is 0 Å². The number of carbonyl (C=O) groups is 2. The largest absolute Gasteiger partial charge is 0.354 e. The molecule has 0 aliphatic heterocycles. The SMILES string of the molecule is Cc1ccc(C(=O)CCC(=O)NCC(c2ccccc2)S(=O)(=O)c2ccc(F)cc2)cc1. The summed E-state index contributed by atoms with van der Waals surface area (Å²) in [6, 6.07) is 20.2. The van der Waals surface area contributed by atoms with E-state index in [2.05, 4.69) is 5.32 Å². The number of hydrogen-bond acceptors (Lipinski definition) is 4. The van der Waals surface area contributed by atoms with E-state index in [1.165, 1.54) is 12.1 Å². The molecule has 0 fully saturated rings. The Morgan fingerprint density at radius 1 is 0.875 bits per heavy atom. The number of sulfone groups is 1. The van der Waals surface area contributed by atoms with Gasteiger partial charge in [0.1, 0.15) is 11.1 Å². The van der Waals surface area contributed by atoms with Gasteiger partial charge in [-0.15, -0.1) is 0 Å². The number of halogens is 1. The molecule has 0 radical (unpaired) electrons. The minimum atomic E-state index is -3.89. The van der Waals surface area contributed by atoms with Crippen molar-refractivity contribution in [3.63, 3.8) is 0 Å². The fraction of sp³-hybridized carbons (Fsp3) is 0.200. The van der Waals surface area contributed by atoms with Crippen molar-refractivity contribution >= 4 is 21.5 Å². The fourth-order valence-corrected chi connectivity index (χ4v) is 4.93. The number of Topliss-reactive ketones (excluding diaryl/α,β-unsaturated/α-hetero) is 1. The zero-order valence-corrected chi connectivity index (χ0v) is 18.4. The summed E-state index contributed by atoms with van der Waals surface area (Å²) in [5.41, 5.74) is 2.07. The molecule has 1 unspecified atom stereocenters. The first kappa shape index (κ1) is 23.3. The van der Waals surface area contributed by atoms with Crippen LogP contribution < -0.4 is 5.32 Å². The number of aryl methyl sites for hydroxylation is 1. The van der Waals surface area contributed by atoms with E-state index in [1.807, 2.05) is 19.1 Å². The first-order valence-electron chi connectivity index (χ1n) is 10.2. The zero-order chi connectivity index (χ0) is 23.1. The lowest BCUT2D eigenvalue weighted by Crippen LogP contribution is -2.32. The van der Waals surface area contributed by atoms with Crippen LogP contribution in [0.3, 0.4) is 0 Å². The molecule has 32 heavy (non-hydrogen) atoms. The van der Waals surface area contributed by atoms with E-state index >= 15 is 0 Å². The molecule has 0 bridgehead atoms. The molecular formula is C25H24FNO4S. The third-order valence-corrected chi connectivity index (χ3v) is 7.24. The van der Waals surface area contributed by atoms with Crippen LogP contribution in [-0.2, 0) is 14.6 Å². The highest BCUT2D eigenvalue weighted by Gasteiger charge is 2.29. The normalized spacial score (nSPS) is 12.2. The van der Waals surface area contributed by atoms with Crippen molar-refractivity contribution in [2.45, 2.75) is 29.9 Å². The summed E-state index contributed by atoms with van der Waals surface area (Å²) in [5, 5.41) is 1.59. The topological polar surface area (TPSA) is 80.3 Å². The minimum absolute atomic E-state index is 0.0234. The first-order chi connectivity index (χ1) is 15.3. The molecule has 7 heteroatoms. The summed E-state index contributed by atoms with van der Waals surface area (Å²) in [6.45, 7) is 1.76. The van der Waals surface area contributed by atoms with Crippen molar-refractivity contribution in [3.8, 4) is 0 Å².